The third-order valence-corrected chi connectivity index (χ3v) is 3.07. The molecule has 0 aromatic rings. The first-order chi connectivity index (χ1) is 5.11. The molecule has 1 heteroatoms. The first kappa shape index (κ1) is 9.05. The minimum atomic E-state index is 0.782. The van der Waals surface area contributed by atoms with Crippen molar-refractivity contribution in [3.63, 3.8) is 0 Å². The fourth-order valence-corrected chi connectivity index (χ4v) is 1.82. The molecular formula is C10H21N. The molecule has 1 N–H and O–H groups in total. The predicted molar refractivity (Wildman–Crippen MR) is 49.6 cm³/mol. The number of hydrogen-bond acceptors (Lipinski definition) is 1. The molecular weight excluding hydrogens is 134 g/mol. The van der Waals surface area contributed by atoms with Crippen LogP contribution in [0.4, 0.5) is 0 Å². The highest BCUT2D eigenvalue weighted by Crippen LogP contribution is 2.24. The summed E-state index contributed by atoms with van der Waals surface area (Å²) in [6.45, 7) is 10.5. The van der Waals surface area contributed by atoms with Crippen LogP contribution in [0.3, 0.4) is 0 Å². The molecule has 3 atom stereocenters. The number of hydrogen-bond donors (Lipinski definition) is 1. The van der Waals surface area contributed by atoms with E-state index < -0.39 is 0 Å². The zero-order valence-corrected chi connectivity index (χ0v) is 8.22. The molecule has 1 rings (SSSR count). The fraction of sp³-hybridized carbons (Fsp3) is 1.00. The summed E-state index contributed by atoms with van der Waals surface area (Å²) in [5.41, 5.74) is 0. The summed E-state index contributed by atoms with van der Waals surface area (Å²) in [6, 6.07) is 0.782. The molecule has 1 fully saturated rings. The van der Waals surface area contributed by atoms with E-state index >= 15 is 0 Å². The van der Waals surface area contributed by atoms with Gasteiger partial charge in [0.2, 0.25) is 0 Å². The van der Waals surface area contributed by atoms with Gasteiger partial charge in [-0.2, -0.15) is 0 Å². The van der Waals surface area contributed by atoms with Gasteiger partial charge in [-0.1, -0.05) is 27.7 Å². The third kappa shape index (κ3) is 2.19. The Kier molecular flexibility index (Phi) is 2.94. The van der Waals surface area contributed by atoms with Crippen molar-refractivity contribution >= 4 is 0 Å². The summed E-state index contributed by atoms with van der Waals surface area (Å²) in [6.07, 6.45) is 1.37. The van der Waals surface area contributed by atoms with Gasteiger partial charge in [0.05, 0.1) is 0 Å². The zero-order valence-electron chi connectivity index (χ0n) is 8.22. The molecule has 0 bridgehead atoms. The average Bonchev–Trinajstić information content (AvgIpc) is 2.34. The van der Waals surface area contributed by atoms with Crippen LogP contribution in [0.25, 0.3) is 0 Å². The van der Waals surface area contributed by atoms with Crippen LogP contribution in [0, 0.1) is 17.8 Å². The van der Waals surface area contributed by atoms with Gasteiger partial charge in [-0.05, 0) is 30.7 Å². The van der Waals surface area contributed by atoms with Crippen molar-refractivity contribution in [3.8, 4) is 0 Å². The summed E-state index contributed by atoms with van der Waals surface area (Å²) >= 11 is 0. The largest absolute Gasteiger partial charge is 0.313 e. The van der Waals surface area contributed by atoms with Crippen LogP contribution in [-0.2, 0) is 0 Å². The second-order valence-electron chi connectivity index (χ2n) is 4.46. The molecule has 0 aliphatic carbocycles. The lowest BCUT2D eigenvalue weighted by atomic mass is 9.88. The van der Waals surface area contributed by atoms with Crippen molar-refractivity contribution < 1.29 is 0 Å². The Labute approximate surface area is 70.6 Å². The van der Waals surface area contributed by atoms with Gasteiger partial charge < -0.3 is 5.32 Å². The minimum Gasteiger partial charge on any atom is -0.313 e. The molecule has 66 valence electrons. The molecule has 0 saturated carbocycles. The maximum absolute atomic E-state index is 3.59. The van der Waals surface area contributed by atoms with E-state index in [0.29, 0.717) is 0 Å². The van der Waals surface area contributed by atoms with Crippen LogP contribution in [0.2, 0.25) is 0 Å². The maximum Gasteiger partial charge on any atom is 0.00982 e. The summed E-state index contributed by atoms with van der Waals surface area (Å²) in [5, 5.41) is 3.59. The Bertz CT molecular complexity index is 120. The second-order valence-corrected chi connectivity index (χ2v) is 4.46. The first-order valence-corrected chi connectivity index (χ1v) is 4.84. The van der Waals surface area contributed by atoms with Crippen molar-refractivity contribution in [2.24, 2.45) is 17.8 Å². The molecule has 3 unspecified atom stereocenters. The monoisotopic (exact) mass is 155 g/mol. The van der Waals surface area contributed by atoms with E-state index in [-0.39, 0.29) is 0 Å². The average molecular weight is 155 g/mol. The highest BCUT2D eigenvalue weighted by molar-refractivity contribution is 4.83. The first-order valence-electron chi connectivity index (χ1n) is 4.84. The Morgan fingerprint density at radius 3 is 2.27 bits per heavy atom. The quantitative estimate of drug-likeness (QED) is 0.645. The molecule has 0 amide bonds. The van der Waals surface area contributed by atoms with Crippen LogP contribution in [-0.4, -0.2) is 12.6 Å². The van der Waals surface area contributed by atoms with Gasteiger partial charge in [0.15, 0.2) is 0 Å². The van der Waals surface area contributed by atoms with Crippen molar-refractivity contribution in [3.05, 3.63) is 0 Å². The topological polar surface area (TPSA) is 12.0 Å². The Hall–Kier alpha value is -0.0400. The van der Waals surface area contributed by atoms with Gasteiger partial charge in [-0.15, -0.1) is 0 Å². The van der Waals surface area contributed by atoms with E-state index in [1.807, 2.05) is 0 Å². The van der Waals surface area contributed by atoms with Crippen LogP contribution in [0.15, 0.2) is 0 Å². The van der Waals surface area contributed by atoms with E-state index in [0.717, 1.165) is 23.8 Å². The summed E-state index contributed by atoms with van der Waals surface area (Å²) < 4.78 is 0. The minimum absolute atomic E-state index is 0.782. The van der Waals surface area contributed by atoms with Crippen molar-refractivity contribution in [1.82, 2.24) is 5.32 Å². The van der Waals surface area contributed by atoms with Gasteiger partial charge in [-0.25, -0.2) is 0 Å². The van der Waals surface area contributed by atoms with Gasteiger partial charge in [0, 0.05) is 6.04 Å². The lowest BCUT2D eigenvalue weighted by molar-refractivity contribution is 0.320. The van der Waals surface area contributed by atoms with E-state index in [1.54, 1.807) is 0 Å². The molecule has 0 aromatic heterocycles. The van der Waals surface area contributed by atoms with Gasteiger partial charge in [-0.3, -0.25) is 0 Å². The van der Waals surface area contributed by atoms with E-state index in [9.17, 15) is 0 Å². The summed E-state index contributed by atoms with van der Waals surface area (Å²) in [5.74, 6) is 2.54. The smallest absolute Gasteiger partial charge is 0.00982 e. The van der Waals surface area contributed by atoms with Crippen LogP contribution >= 0.6 is 0 Å². The van der Waals surface area contributed by atoms with Crippen molar-refractivity contribution in [2.75, 3.05) is 6.54 Å². The molecule has 1 aliphatic rings. The molecule has 0 spiro atoms. The number of nitrogens with one attached hydrogen (secondary N) is 1. The van der Waals surface area contributed by atoms with Crippen LogP contribution in [0.1, 0.15) is 34.1 Å². The third-order valence-electron chi connectivity index (χ3n) is 3.07. The molecule has 1 aliphatic heterocycles. The molecule has 1 heterocycles. The van der Waals surface area contributed by atoms with E-state index in [4.69, 9.17) is 0 Å². The molecule has 1 nitrogen and oxygen atoms in total. The highest BCUT2D eigenvalue weighted by Gasteiger charge is 2.26. The lowest BCUT2D eigenvalue weighted by Crippen LogP contribution is -2.31. The summed E-state index contributed by atoms with van der Waals surface area (Å²) in [4.78, 5) is 0. The van der Waals surface area contributed by atoms with Crippen LogP contribution < -0.4 is 5.32 Å². The van der Waals surface area contributed by atoms with Crippen LogP contribution in [0.5, 0.6) is 0 Å². The fourth-order valence-electron chi connectivity index (χ4n) is 1.82. The standard InChI is InChI=1S/C10H21N/c1-7(2)9(4)10-5-8(3)6-11-10/h7-11H,5-6H2,1-4H3. The molecule has 0 radical (unpaired) electrons. The van der Waals surface area contributed by atoms with Gasteiger partial charge in [0.25, 0.3) is 0 Å². The van der Waals surface area contributed by atoms with E-state index in [1.165, 1.54) is 13.0 Å². The lowest BCUT2D eigenvalue weighted by Gasteiger charge is -2.22. The van der Waals surface area contributed by atoms with E-state index in [2.05, 4.69) is 33.0 Å². The molecule has 0 aromatic carbocycles. The maximum atomic E-state index is 3.59. The highest BCUT2D eigenvalue weighted by atomic mass is 15.0. The Morgan fingerprint density at radius 2 is 1.91 bits per heavy atom. The zero-order chi connectivity index (χ0) is 8.43. The molecule has 1 saturated heterocycles. The number of rotatable bonds is 2. The van der Waals surface area contributed by atoms with Crippen molar-refractivity contribution in [2.45, 2.75) is 40.2 Å². The summed E-state index contributed by atoms with van der Waals surface area (Å²) in [7, 11) is 0. The molecule has 11 heavy (non-hydrogen) atoms. The normalized spacial score (nSPS) is 34.6. The Balaban J connectivity index is 2.36. The van der Waals surface area contributed by atoms with Gasteiger partial charge >= 0.3 is 0 Å². The predicted octanol–water partition coefficient (Wildman–Crippen LogP) is 2.28. The second kappa shape index (κ2) is 3.57. The Morgan fingerprint density at radius 1 is 1.27 bits per heavy atom. The SMILES string of the molecule is CC1CNC(C(C)C(C)C)C1. The van der Waals surface area contributed by atoms with Crippen molar-refractivity contribution in [1.29, 1.82) is 0 Å². The van der Waals surface area contributed by atoms with Gasteiger partial charge in [0.1, 0.15) is 0 Å².